The molecule has 2 heterocycles. The fraction of sp³-hybridized carbons (Fsp3) is 0.706. The molecule has 1 atom stereocenters. The molecule has 0 spiro atoms. The van der Waals surface area contributed by atoms with E-state index in [4.69, 9.17) is 4.98 Å². The van der Waals surface area contributed by atoms with Gasteiger partial charge in [0, 0.05) is 24.3 Å². The van der Waals surface area contributed by atoms with Crippen molar-refractivity contribution in [2.45, 2.75) is 65.1 Å². The van der Waals surface area contributed by atoms with Gasteiger partial charge in [-0.25, -0.2) is 4.98 Å². The summed E-state index contributed by atoms with van der Waals surface area (Å²) in [5, 5.41) is 0. The summed E-state index contributed by atoms with van der Waals surface area (Å²) in [6.45, 7) is 10.1. The molecule has 1 aliphatic rings. The summed E-state index contributed by atoms with van der Waals surface area (Å²) < 4.78 is 0. The van der Waals surface area contributed by atoms with Crippen molar-refractivity contribution in [3.63, 3.8) is 0 Å². The quantitative estimate of drug-likeness (QED) is 0.831. The maximum atomic E-state index is 4.73. The van der Waals surface area contributed by atoms with Crippen LogP contribution in [0, 0.1) is 0 Å². The van der Waals surface area contributed by atoms with Crippen molar-refractivity contribution in [1.82, 2.24) is 9.88 Å². The molecule has 1 saturated heterocycles. The van der Waals surface area contributed by atoms with Crippen LogP contribution < -0.4 is 4.90 Å². The topological polar surface area (TPSA) is 19.4 Å². The molecule has 0 saturated carbocycles. The third-order valence-electron chi connectivity index (χ3n) is 4.30. The maximum absolute atomic E-state index is 4.73. The number of piperidine rings is 1. The maximum Gasteiger partial charge on any atom is 0.128 e. The molecule has 2 rings (SSSR count). The van der Waals surface area contributed by atoms with Gasteiger partial charge in [0.2, 0.25) is 0 Å². The van der Waals surface area contributed by atoms with E-state index < -0.39 is 0 Å². The van der Waals surface area contributed by atoms with E-state index in [1.54, 1.807) is 0 Å². The van der Waals surface area contributed by atoms with Crippen LogP contribution in [0.15, 0.2) is 18.3 Å². The van der Waals surface area contributed by atoms with Crippen molar-refractivity contribution in [1.29, 1.82) is 0 Å². The predicted octanol–water partition coefficient (Wildman–Crippen LogP) is 3.86. The SMILES string of the molecule is CC(C)N(c1ccc([C@H]2CCCCN2C)cn1)C(C)C. The normalized spacial score (nSPS) is 20.6. The number of rotatable bonds is 4. The number of likely N-dealkylation sites (tertiary alicyclic amines) is 1. The lowest BCUT2D eigenvalue weighted by molar-refractivity contribution is 0.187. The fourth-order valence-corrected chi connectivity index (χ4v) is 3.37. The Bertz CT molecular complexity index is 403. The molecule has 0 amide bonds. The summed E-state index contributed by atoms with van der Waals surface area (Å²) in [5.41, 5.74) is 1.36. The van der Waals surface area contributed by atoms with E-state index in [2.05, 4.69) is 62.9 Å². The van der Waals surface area contributed by atoms with Crippen LogP contribution in [0.4, 0.5) is 5.82 Å². The molecular weight excluding hydrogens is 246 g/mol. The first-order valence-corrected chi connectivity index (χ1v) is 7.95. The van der Waals surface area contributed by atoms with Crippen molar-refractivity contribution in [3.05, 3.63) is 23.9 Å². The molecule has 0 radical (unpaired) electrons. The van der Waals surface area contributed by atoms with Crippen LogP contribution in [0.2, 0.25) is 0 Å². The van der Waals surface area contributed by atoms with E-state index in [-0.39, 0.29) is 0 Å². The van der Waals surface area contributed by atoms with E-state index in [9.17, 15) is 0 Å². The molecule has 3 heteroatoms. The molecule has 0 bridgehead atoms. The number of hydrogen-bond donors (Lipinski definition) is 0. The first kappa shape index (κ1) is 15.3. The minimum absolute atomic E-state index is 0.478. The number of pyridine rings is 1. The number of aromatic nitrogens is 1. The molecular formula is C17H29N3. The Hall–Kier alpha value is -1.09. The van der Waals surface area contributed by atoms with Gasteiger partial charge in [0.1, 0.15) is 5.82 Å². The Morgan fingerprint density at radius 3 is 2.35 bits per heavy atom. The first-order valence-electron chi connectivity index (χ1n) is 7.95. The van der Waals surface area contributed by atoms with E-state index in [1.807, 2.05) is 0 Å². The van der Waals surface area contributed by atoms with E-state index in [0.717, 1.165) is 5.82 Å². The zero-order valence-electron chi connectivity index (χ0n) is 13.6. The zero-order valence-corrected chi connectivity index (χ0v) is 13.6. The molecule has 1 fully saturated rings. The highest BCUT2D eigenvalue weighted by atomic mass is 15.2. The Labute approximate surface area is 124 Å². The van der Waals surface area contributed by atoms with Gasteiger partial charge in [0.15, 0.2) is 0 Å². The average molecular weight is 275 g/mol. The Balaban J connectivity index is 2.16. The highest BCUT2D eigenvalue weighted by molar-refractivity contribution is 5.41. The second-order valence-electron chi connectivity index (χ2n) is 6.54. The van der Waals surface area contributed by atoms with Crippen molar-refractivity contribution in [2.75, 3.05) is 18.5 Å². The molecule has 1 aromatic rings. The molecule has 20 heavy (non-hydrogen) atoms. The molecule has 0 aliphatic carbocycles. The van der Waals surface area contributed by atoms with Gasteiger partial charge in [0.25, 0.3) is 0 Å². The summed E-state index contributed by atoms with van der Waals surface area (Å²) in [6.07, 6.45) is 6.00. The van der Waals surface area contributed by atoms with Crippen molar-refractivity contribution >= 4 is 5.82 Å². The van der Waals surface area contributed by atoms with Crippen LogP contribution in [0.3, 0.4) is 0 Å². The van der Waals surface area contributed by atoms with Crippen LogP contribution in [0.5, 0.6) is 0 Å². The lowest BCUT2D eigenvalue weighted by Crippen LogP contribution is -2.37. The van der Waals surface area contributed by atoms with Crippen molar-refractivity contribution < 1.29 is 0 Å². The number of hydrogen-bond acceptors (Lipinski definition) is 3. The largest absolute Gasteiger partial charge is 0.352 e. The lowest BCUT2D eigenvalue weighted by Gasteiger charge is -2.34. The second-order valence-corrected chi connectivity index (χ2v) is 6.54. The standard InChI is InChI=1S/C17H29N3/c1-13(2)20(14(3)4)17-10-9-15(12-18-17)16-8-6-7-11-19(16)5/h9-10,12-14,16H,6-8,11H2,1-5H3/t16-/m1/s1. The van der Waals surface area contributed by atoms with Gasteiger partial charge in [-0.3, -0.25) is 4.90 Å². The Kier molecular flexibility index (Phi) is 5.03. The van der Waals surface area contributed by atoms with Gasteiger partial charge >= 0.3 is 0 Å². The number of nitrogens with zero attached hydrogens (tertiary/aromatic N) is 3. The van der Waals surface area contributed by atoms with Crippen LogP contribution >= 0.6 is 0 Å². The fourth-order valence-electron chi connectivity index (χ4n) is 3.37. The van der Waals surface area contributed by atoms with E-state index in [1.165, 1.54) is 31.4 Å². The summed E-state index contributed by atoms with van der Waals surface area (Å²) in [7, 11) is 2.23. The summed E-state index contributed by atoms with van der Waals surface area (Å²) >= 11 is 0. The van der Waals surface area contributed by atoms with Crippen LogP contribution in [0.25, 0.3) is 0 Å². The van der Waals surface area contributed by atoms with Gasteiger partial charge in [-0.05, 0) is 65.8 Å². The third kappa shape index (κ3) is 3.32. The molecule has 112 valence electrons. The molecule has 0 N–H and O–H groups in total. The van der Waals surface area contributed by atoms with Gasteiger partial charge in [-0.1, -0.05) is 12.5 Å². The average Bonchev–Trinajstić information content (AvgIpc) is 2.39. The minimum atomic E-state index is 0.478. The van der Waals surface area contributed by atoms with Gasteiger partial charge in [-0.2, -0.15) is 0 Å². The Morgan fingerprint density at radius 1 is 1.15 bits per heavy atom. The smallest absolute Gasteiger partial charge is 0.128 e. The first-order chi connectivity index (χ1) is 9.50. The monoisotopic (exact) mass is 275 g/mol. The number of anilines is 1. The summed E-state index contributed by atoms with van der Waals surface area (Å²) in [5.74, 6) is 1.09. The lowest BCUT2D eigenvalue weighted by atomic mass is 9.97. The van der Waals surface area contributed by atoms with Gasteiger partial charge in [0.05, 0.1) is 0 Å². The van der Waals surface area contributed by atoms with Crippen LogP contribution in [0.1, 0.15) is 58.6 Å². The molecule has 1 aromatic heterocycles. The van der Waals surface area contributed by atoms with E-state index >= 15 is 0 Å². The van der Waals surface area contributed by atoms with Gasteiger partial charge in [-0.15, -0.1) is 0 Å². The highest BCUT2D eigenvalue weighted by Crippen LogP contribution is 2.30. The highest BCUT2D eigenvalue weighted by Gasteiger charge is 2.21. The predicted molar refractivity (Wildman–Crippen MR) is 86.2 cm³/mol. The Morgan fingerprint density at radius 2 is 1.85 bits per heavy atom. The van der Waals surface area contributed by atoms with Crippen molar-refractivity contribution in [3.8, 4) is 0 Å². The molecule has 3 nitrogen and oxygen atoms in total. The van der Waals surface area contributed by atoms with Gasteiger partial charge < -0.3 is 4.90 Å². The van der Waals surface area contributed by atoms with Crippen LogP contribution in [-0.2, 0) is 0 Å². The van der Waals surface area contributed by atoms with Crippen molar-refractivity contribution in [2.24, 2.45) is 0 Å². The molecule has 0 aromatic carbocycles. The van der Waals surface area contributed by atoms with E-state index in [0.29, 0.717) is 18.1 Å². The molecule has 0 unspecified atom stereocenters. The molecule has 1 aliphatic heterocycles. The van der Waals surface area contributed by atoms with Crippen LogP contribution in [-0.4, -0.2) is 35.6 Å². The zero-order chi connectivity index (χ0) is 14.7. The minimum Gasteiger partial charge on any atom is -0.352 e. The summed E-state index contributed by atoms with van der Waals surface area (Å²) in [4.78, 5) is 9.56. The second kappa shape index (κ2) is 6.57. The third-order valence-corrected chi connectivity index (χ3v) is 4.30. The summed E-state index contributed by atoms with van der Waals surface area (Å²) in [6, 6.07) is 5.97.